The van der Waals surface area contributed by atoms with Crippen molar-refractivity contribution in [3.8, 4) is 0 Å². The molecule has 0 aromatic heterocycles. The molecular weight excluding hydrogens is 312 g/mol. The lowest BCUT2D eigenvalue weighted by atomic mass is 10.1. The summed E-state index contributed by atoms with van der Waals surface area (Å²) in [5, 5.41) is 5.79. The van der Waals surface area contributed by atoms with Gasteiger partial charge in [-0.05, 0) is 43.3 Å². The fourth-order valence-electron chi connectivity index (χ4n) is 2.96. The molecule has 2 amide bonds. The predicted octanol–water partition coefficient (Wildman–Crippen LogP) is 2.80. The number of benzene rings is 2. The molecule has 1 heterocycles. The molecule has 3 rings (SSSR count). The summed E-state index contributed by atoms with van der Waals surface area (Å²) >= 11 is 0. The zero-order valence-corrected chi connectivity index (χ0v) is 14.7. The van der Waals surface area contributed by atoms with Crippen LogP contribution in [0.3, 0.4) is 0 Å². The van der Waals surface area contributed by atoms with Crippen molar-refractivity contribution < 1.29 is 4.79 Å². The van der Waals surface area contributed by atoms with E-state index in [1.54, 1.807) is 0 Å². The molecule has 0 radical (unpaired) electrons. The normalized spacial score (nSPS) is 15.0. The van der Waals surface area contributed by atoms with Crippen LogP contribution in [0.2, 0.25) is 0 Å². The molecule has 1 aliphatic heterocycles. The molecule has 2 N–H and O–H groups in total. The number of carbonyl (C=O) groups is 1. The summed E-state index contributed by atoms with van der Waals surface area (Å²) in [5.41, 5.74) is 3.25. The number of nitrogens with zero attached hydrogens (tertiary/aromatic N) is 2. The Hall–Kier alpha value is -2.53. The van der Waals surface area contributed by atoms with E-state index in [9.17, 15) is 4.79 Å². The van der Waals surface area contributed by atoms with Crippen LogP contribution in [0.25, 0.3) is 0 Å². The summed E-state index contributed by atoms with van der Waals surface area (Å²) in [7, 11) is 2.15. The Bertz CT molecular complexity index is 664. The monoisotopic (exact) mass is 338 g/mol. The fourth-order valence-corrected chi connectivity index (χ4v) is 2.96. The molecule has 1 saturated heterocycles. The van der Waals surface area contributed by atoms with Gasteiger partial charge in [0.15, 0.2) is 0 Å². The van der Waals surface area contributed by atoms with E-state index in [-0.39, 0.29) is 6.03 Å². The van der Waals surface area contributed by atoms with Crippen LogP contribution in [0.1, 0.15) is 5.56 Å². The third kappa shape index (κ3) is 5.22. The molecule has 0 unspecified atom stereocenters. The maximum absolute atomic E-state index is 12.0. The minimum absolute atomic E-state index is 0.164. The Morgan fingerprint density at radius 3 is 2.32 bits per heavy atom. The third-order valence-electron chi connectivity index (χ3n) is 4.54. The number of piperazine rings is 1. The first-order valence-corrected chi connectivity index (χ1v) is 8.83. The maximum atomic E-state index is 12.0. The Kier molecular flexibility index (Phi) is 5.90. The summed E-state index contributed by atoms with van der Waals surface area (Å²) in [4.78, 5) is 16.7. The zero-order valence-electron chi connectivity index (χ0n) is 14.7. The van der Waals surface area contributed by atoms with E-state index in [1.165, 1.54) is 11.3 Å². The first kappa shape index (κ1) is 17.3. The highest BCUT2D eigenvalue weighted by Gasteiger charge is 2.14. The summed E-state index contributed by atoms with van der Waals surface area (Å²) in [6, 6.07) is 18.1. The number of hydrogen-bond donors (Lipinski definition) is 2. The predicted molar refractivity (Wildman–Crippen MR) is 103 cm³/mol. The van der Waals surface area contributed by atoms with Crippen molar-refractivity contribution in [2.75, 3.05) is 50.0 Å². The van der Waals surface area contributed by atoms with E-state index in [1.807, 2.05) is 30.3 Å². The topological polar surface area (TPSA) is 47.6 Å². The molecule has 2 aromatic rings. The molecule has 1 aliphatic rings. The standard InChI is InChI=1S/C20H26N4O/c1-23-13-15-24(16-14-23)19-9-7-18(8-10-19)22-20(25)21-12-11-17-5-3-2-4-6-17/h2-10H,11-16H2,1H3,(H2,21,22,25). The highest BCUT2D eigenvalue weighted by atomic mass is 16.2. The third-order valence-corrected chi connectivity index (χ3v) is 4.54. The highest BCUT2D eigenvalue weighted by molar-refractivity contribution is 5.89. The fraction of sp³-hybridized carbons (Fsp3) is 0.350. The van der Waals surface area contributed by atoms with Crippen LogP contribution in [0.4, 0.5) is 16.2 Å². The van der Waals surface area contributed by atoms with Gasteiger partial charge in [0.05, 0.1) is 0 Å². The lowest BCUT2D eigenvalue weighted by Gasteiger charge is -2.34. The lowest BCUT2D eigenvalue weighted by Crippen LogP contribution is -2.44. The second-order valence-corrected chi connectivity index (χ2v) is 6.45. The number of hydrogen-bond acceptors (Lipinski definition) is 3. The number of likely N-dealkylation sites (N-methyl/N-ethyl adjacent to an activating group) is 1. The van der Waals surface area contributed by atoms with Gasteiger partial charge >= 0.3 is 6.03 Å². The average Bonchev–Trinajstić information content (AvgIpc) is 2.64. The van der Waals surface area contributed by atoms with Crippen LogP contribution in [-0.2, 0) is 6.42 Å². The lowest BCUT2D eigenvalue weighted by molar-refractivity contribution is 0.252. The smallest absolute Gasteiger partial charge is 0.319 e. The molecule has 25 heavy (non-hydrogen) atoms. The Morgan fingerprint density at radius 2 is 1.64 bits per heavy atom. The number of nitrogens with one attached hydrogen (secondary N) is 2. The Balaban J connectivity index is 1.44. The molecule has 0 saturated carbocycles. The minimum atomic E-state index is -0.164. The van der Waals surface area contributed by atoms with Crippen LogP contribution in [0.15, 0.2) is 54.6 Å². The molecule has 5 nitrogen and oxygen atoms in total. The van der Waals surface area contributed by atoms with Gasteiger partial charge in [-0.2, -0.15) is 0 Å². The Morgan fingerprint density at radius 1 is 0.960 bits per heavy atom. The summed E-state index contributed by atoms with van der Waals surface area (Å²) < 4.78 is 0. The average molecular weight is 338 g/mol. The van der Waals surface area contributed by atoms with Crippen LogP contribution in [0, 0.1) is 0 Å². The van der Waals surface area contributed by atoms with Gasteiger partial charge < -0.3 is 20.4 Å². The van der Waals surface area contributed by atoms with Crippen LogP contribution in [0.5, 0.6) is 0 Å². The van der Waals surface area contributed by atoms with Gasteiger partial charge in [0.25, 0.3) is 0 Å². The van der Waals surface area contributed by atoms with E-state index in [4.69, 9.17) is 0 Å². The number of anilines is 2. The van der Waals surface area contributed by atoms with Gasteiger partial charge in [0.2, 0.25) is 0 Å². The van der Waals surface area contributed by atoms with Crippen LogP contribution in [-0.4, -0.2) is 50.7 Å². The van der Waals surface area contributed by atoms with Gasteiger partial charge in [-0.15, -0.1) is 0 Å². The maximum Gasteiger partial charge on any atom is 0.319 e. The van der Waals surface area contributed by atoms with E-state index in [2.05, 4.69) is 51.7 Å². The number of amides is 2. The highest BCUT2D eigenvalue weighted by Crippen LogP contribution is 2.19. The largest absolute Gasteiger partial charge is 0.369 e. The summed E-state index contributed by atoms with van der Waals surface area (Å²) in [5.74, 6) is 0. The zero-order chi connectivity index (χ0) is 17.5. The summed E-state index contributed by atoms with van der Waals surface area (Å²) in [6.07, 6.45) is 0.830. The number of rotatable bonds is 5. The van der Waals surface area contributed by atoms with E-state index in [0.29, 0.717) is 6.54 Å². The first-order chi connectivity index (χ1) is 12.2. The van der Waals surface area contributed by atoms with Crippen molar-refractivity contribution in [2.45, 2.75) is 6.42 Å². The molecule has 0 atom stereocenters. The quantitative estimate of drug-likeness (QED) is 0.881. The van der Waals surface area contributed by atoms with Crippen molar-refractivity contribution in [1.29, 1.82) is 0 Å². The molecular formula is C20H26N4O. The molecule has 0 spiro atoms. The van der Waals surface area contributed by atoms with Crippen LogP contribution < -0.4 is 15.5 Å². The van der Waals surface area contributed by atoms with Gasteiger partial charge in [-0.1, -0.05) is 30.3 Å². The van der Waals surface area contributed by atoms with Crippen molar-refractivity contribution in [3.05, 3.63) is 60.2 Å². The minimum Gasteiger partial charge on any atom is -0.369 e. The molecule has 132 valence electrons. The number of urea groups is 1. The van der Waals surface area contributed by atoms with Gasteiger partial charge in [-0.3, -0.25) is 0 Å². The van der Waals surface area contributed by atoms with Gasteiger partial charge in [0.1, 0.15) is 0 Å². The second-order valence-electron chi connectivity index (χ2n) is 6.45. The molecule has 0 aliphatic carbocycles. The molecule has 0 bridgehead atoms. The molecule has 5 heteroatoms. The van der Waals surface area contributed by atoms with Crippen molar-refractivity contribution in [3.63, 3.8) is 0 Å². The van der Waals surface area contributed by atoms with Crippen molar-refractivity contribution in [2.24, 2.45) is 0 Å². The van der Waals surface area contributed by atoms with Crippen molar-refractivity contribution >= 4 is 17.4 Å². The Labute approximate surface area is 149 Å². The number of carbonyl (C=O) groups excluding carboxylic acids is 1. The molecule has 2 aromatic carbocycles. The SMILES string of the molecule is CN1CCN(c2ccc(NC(=O)NCCc3ccccc3)cc2)CC1. The molecule has 1 fully saturated rings. The van der Waals surface area contributed by atoms with Crippen molar-refractivity contribution in [1.82, 2.24) is 10.2 Å². The first-order valence-electron chi connectivity index (χ1n) is 8.83. The second kappa shape index (κ2) is 8.53. The van der Waals surface area contributed by atoms with Gasteiger partial charge in [-0.25, -0.2) is 4.79 Å². The summed E-state index contributed by atoms with van der Waals surface area (Å²) in [6.45, 7) is 4.88. The van der Waals surface area contributed by atoms with E-state index in [0.717, 1.165) is 38.3 Å². The van der Waals surface area contributed by atoms with Crippen LogP contribution >= 0.6 is 0 Å². The van der Waals surface area contributed by atoms with Gasteiger partial charge in [0, 0.05) is 44.1 Å². The van der Waals surface area contributed by atoms with E-state index >= 15 is 0 Å². The van der Waals surface area contributed by atoms with E-state index < -0.39 is 0 Å².